The first kappa shape index (κ1) is 22.8. The van der Waals surface area contributed by atoms with Crippen molar-refractivity contribution in [1.29, 1.82) is 0 Å². The summed E-state index contributed by atoms with van der Waals surface area (Å²) in [5.41, 5.74) is 5.04. The lowest BCUT2D eigenvalue weighted by molar-refractivity contribution is -0.385. The minimum Gasteiger partial charge on any atom is -0.494 e. The number of halogens is 1. The summed E-state index contributed by atoms with van der Waals surface area (Å²) in [5, 5.41) is 11.5. The maximum Gasteiger partial charge on any atom is 0.272 e. The van der Waals surface area contributed by atoms with Crippen LogP contribution in [0, 0.1) is 22.9 Å². The van der Waals surface area contributed by atoms with E-state index in [4.69, 9.17) is 4.74 Å². The topological polar surface area (TPSA) is 55.6 Å². The first-order valence-electron chi connectivity index (χ1n) is 11.5. The molecule has 0 aliphatic carbocycles. The fourth-order valence-electron chi connectivity index (χ4n) is 4.48. The highest BCUT2D eigenvalue weighted by Gasteiger charge is 2.29. The molecule has 172 valence electrons. The van der Waals surface area contributed by atoms with Gasteiger partial charge in [0.2, 0.25) is 0 Å². The van der Waals surface area contributed by atoms with E-state index in [-0.39, 0.29) is 22.5 Å². The van der Waals surface area contributed by atoms with Crippen molar-refractivity contribution >= 4 is 11.4 Å². The lowest BCUT2D eigenvalue weighted by atomic mass is 9.87. The Morgan fingerprint density at radius 3 is 2.64 bits per heavy atom. The number of unbranched alkanes of at least 4 members (excludes halogenated alkanes) is 1. The molecule has 4 rings (SSSR count). The monoisotopic (exact) mass is 448 g/mol. The van der Waals surface area contributed by atoms with Crippen LogP contribution >= 0.6 is 0 Å². The zero-order valence-electron chi connectivity index (χ0n) is 19.1. The molecule has 3 aromatic carbocycles. The second kappa shape index (κ2) is 10.0. The predicted octanol–water partition coefficient (Wildman–Crippen LogP) is 6.57. The molecule has 0 amide bonds. The fraction of sp³-hybridized carbons (Fsp3) is 0.333. The van der Waals surface area contributed by atoms with Crippen molar-refractivity contribution in [2.75, 3.05) is 18.1 Å². The van der Waals surface area contributed by atoms with Crippen LogP contribution in [0.2, 0.25) is 0 Å². The maximum atomic E-state index is 13.6. The molecule has 0 fully saturated rings. The molecular formula is C27H29FN2O3. The molecule has 0 spiro atoms. The normalized spacial score (nSPS) is 15.2. The summed E-state index contributed by atoms with van der Waals surface area (Å²) in [7, 11) is 0. The van der Waals surface area contributed by atoms with Gasteiger partial charge in [-0.1, -0.05) is 31.5 Å². The van der Waals surface area contributed by atoms with Gasteiger partial charge in [0, 0.05) is 23.9 Å². The highest BCUT2D eigenvalue weighted by atomic mass is 19.1. The first-order chi connectivity index (χ1) is 16.0. The van der Waals surface area contributed by atoms with Crippen LogP contribution < -0.4 is 9.64 Å². The number of hydrogen-bond donors (Lipinski definition) is 0. The number of ether oxygens (including phenoxy) is 1. The summed E-state index contributed by atoms with van der Waals surface area (Å²) in [6, 6.07) is 18.2. The van der Waals surface area contributed by atoms with E-state index in [1.165, 1.54) is 23.3 Å². The van der Waals surface area contributed by atoms with Crippen molar-refractivity contribution < 1.29 is 14.1 Å². The van der Waals surface area contributed by atoms with Gasteiger partial charge in [0.05, 0.1) is 17.6 Å². The summed E-state index contributed by atoms with van der Waals surface area (Å²) >= 11 is 0. The number of fused-ring (bicyclic) bond motifs is 1. The van der Waals surface area contributed by atoms with Crippen molar-refractivity contribution in [3.05, 3.63) is 98.8 Å². The SMILES string of the molecule is CCCCOc1ccc2c(c1)CCN(c1ccc(F)cc1)C2Cc1ccc(C)c([N+](=O)[O-])c1. The zero-order valence-corrected chi connectivity index (χ0v) is 19.1. The molecule has 33 heavy (non-hydrogen) atoms. The van der Waals surface area contributed by atoms with Crippen molar-refractivity contribution in [3.63, 3.8) is 0 Å². The molecule has 3 aromatic rings. The standard InChI is InChI=1S/C27H29FN2O3/c1-3-4-15-33-24-11-12-25-21(18-24)13-14-29(23-9-7-22(28)8-10-23)27(25)17-20-6-5-19(2)26(16-20)30(31)32/h5-12,16,18,27H,3-4,13-15,17H2,1-2H3. The van der Waals surface area contributed by atoms with E-state index >= 15 is 0 Å². The predicted molar refractivity (Wildman–Crippen MR) is 129 cm³/mol. The van der Waals surface area contributed by atoms with Gasteiger partial charge in [0.15, 0.2) is 0 Å². The quantitative estimate of drug-likeness (QED) is 0.222. The van der Waals surface area contributed by atoms with Crippen LogP contribution in [0.15, 0.2) is 60.7 Å². The third-order valence-corrected chi connectivity index (χ3v) is 6.30. The van der Waals surface area contributed by atoms with E-state index in [1.54, 1.807) is 25.1 Å². The Labute approximate surface area is 194 Å². The third kappa shape index (κ3) is 5.16. The third-order valence-electron chi connectivity index (χ3n) is 6.30. The van der Waals surface area contributed by atoms with Crippen molar-refractivity contribution in [1.82, 2.24) is 0 Å². The minimum absolute atomic E-state index is 0.0220. The number of aryl methyl sites for hydroxylation is 1. The minimum atomic E-state index is -0.328. The van der Waals surface area contributed by atoms with Gasteiger partial charge in [-0.15, -0.1) is 0 Å². The Morgan fingerprint density at radius 2 is 1.91 bits per heavy atom. The van der Waals surface area contributed by atoms with E-state index < -0.39 is 0 Å². The molecular weight excluding hydrogens is 419 g/mol. The number of rotatable bonds is 8. The summed E-state index contributed by atoms with van der Waals surface area (Å²) in [4.78, 5) is 13.4. The highest BCUT2D eigenvalue weighted by Crippen LogP contribution is 2.38. The summed E-state index contributed by atoms with van der Waals surface area (Å²) < 4.78 is 19.5. The number of nitro groups is 1. The van der Waals surface area contributed by atoms with Gasteiger partial charge in [-0.05, 0) is 79.3 Å². The molecule has 1 unspecified atom stereocenters. The van der Waals surface area contributed by atoms with Gasteiger partial charge in [0.25, 0.3) is 5.69 Å². The molecule has 0 radical (unpaired) electrons. The molecule has 5 nitrogen and oxygen atoms in total. The van der Waals surface area contributed by atoms with E-state index in [1.807, 2.05) is 18.2 Å². The number of nitrogens with zero attached hydrogens (tertiary/aromatic N) is 2. The molecule has 0 N–H and O–H groups in total. The average molecular weight is 449 g/mol. The number of anilines is 1. The number of hydrogen-bond acceptors (Lipinski definition) is 4. The van der Waals surface area contributed by atoms with Crippen LogP contribution in [-0.4, -0.2) is 18.1 Å². The first-order valence-corrected chi connectivity index (χ1v) is 11.5. The number of nitro benzene ring substituents is 1. The summed E-state index contributed by atoms with van der Waals surface area (Å²) in [6.45, 7) is 5.37. The van der Waals surface area contributed by atoms with Crippen LogP contribution in [0.1, 0.15) is 48.1 Å². The Kier molecular flexibility index (Phi) is 6.92. The van der Waals surface area contributed by atoms with Gasteiger partial charge in [-0.3, -0.25) is 10.1 Å². The van der Waals surface area contributed by atoms with Crippen molar-refractivity contribution in [2.45, 2.75) is 45.6 Å². The Hall–Kier alpha value is -3.41. The Morgan fingerprint density at radius 1 is 1.12 bits per heavy atom. The number of benzene rings is 3. The molecule has 0 aromatic heterocycles. The molecule has 0 saturated carbocycles. The van der Waals surface area contributed by atoms with Crippen molar-refractivity contribution in [3.8, 4) is 5.75 Å². The van der Waals surface area contributed by atoms with Gasteiger partial charge in [-0.2, -0.15) is 0 Å². The average Bonchev–Trinajstić information content (AvgIpc) is 2.81. The zero-order chi connectivity index (χ0) is 23.4. The van der Waals surface area contributed by atoms with E-state index in [9.17, 15) is 14.5 Å². The van der Waals surface area contributed by atoms with Gasteiger partial charge < -0.3 is 9.64 Å². The molecule has 6 heteroatoms. The fourth-order valence-corrected chi connectivity index (χ4v) is 4.48. The smallest absolute Gasteiger partial charge is 0.272 e. The molecule has 0 saturated heterocycles. The molecule has 1 aliphatic heterocycles. The molecule has 1 atom stereocenters. The van der Waals surface area contributed by atoms with Gasteiger partial charge >= 0.3 is 0 Å². The maximum absolute atomic E-state index is 13.6. The highest BCUT2D eigenvalue weighted by molar-refractivity contribution is 5.54. The molecule has 0 bridgehead atoms. The van der Waals surface area contributed by atoms with E-state index in [0.29, 0.717) is 18.6 Å². The van der Waals surface area contributed by atoms with Crippen LogP contribution in [0.3, 0.4) is 0 Å². The van der Waals surface area contributed by atoms with Crippen LogP contribution in [0.4, 0.5) is 15.8 Å². The summed E-state index contributed by atoms with van der Waals surface area (Å²) in [6.07, 6.45) is 3.57. The Balaban J connectivity index is 1.69. The van der Waals surface area contributed by atoms with Crippen molar-refractivity contribution in [2.24, 2.45) is 0 Å². The lowest BCUT2D eigenvalue weighted by Crippen LogP contribution is -2.36. The largest absolute Gasteiger partial charge is 0.494 e. The van der Waals surface area contributed by atoms with Gasteiger partial charge in [-0.25, -0.2) is 4.39 Å². The second-order valence-corrected chi connectivity index (χ2v) is 8.58. The molecule has 1 heterocycles. The van der Waals surface area contributed by atoms with Crippen LogP contribution in [-0.2, 0) is 12.8 Å². The van der Waals surface area contributed by atoms with Crippen LogP contribution in [0.5, 0.6) is 5.75 Å². The van der Waals surface area contributed by atoms with E-state index in [2.05, 4.69) is 24.0 Å². The van der Waals surface area contributed by atoms with Gasteiger partial charge in [0.1, 0.15) is 11.6 Å². The molecule has 1 aliphatic rings. The Bertz CT molecular complexity index is 1130. The van der Waals surface area contributed by atoms with Crippen LogP contribution in [0.25, 0.3) is 0 Å². The second-order valence-electron chi connectivity index (χ2n) is 8.58. The summed E-state index contributed by atoms with van der Waals surface area (Å²) in [5.74, 6) is 0.609. The van der Waals surface area contributed by atoms with E-state index in [0.717, 1.165) is 42.8 Å². The lowest BCUT2D eigenvalue weighted by Gasteiger charge is -2.39.